The van der Waals surface area contributed by atoms with Gasteiger partial charge in [0.25, 0.3) is 0 Å². The van der Waals surface area contributed by atoms with Gasteiger partial charge in [0.15, 0.2) is 0 Å². The molecule has 0 aliphatic heterocycles. The standard InChI is InChI=1S/C17H11F3O/c18-17(19,20)14-10-12-8-4-5-9-13(12)16(21)15(14)11-6-2-1-3-7-11/h1-10,21H. The molecule has 1 N–H and O–H groups in total. The van der Waals surface area contributed by atoms with Crippen LogP contribution in [0.3, 0.4) is 0 Å². The van der Waals surface area contributed by atoms with E-state index in [4.69, 9.17) is 0 Å². The van der Waals surface area contributed by atoms with Crippen LogP contribution in [0.1, 0.15) is 5.56 Å². The minimum absolute atomic E-state index is 0.179. The summed E-state index contributed by atoms with van der Waals surface area (Å²) in [6.07, 6.45) is -4.54. The highest BCUT2D eigenvalue weighted by Gasteiger charge is 2.35. The zero-order valence-electron chi connectivity index (χ0n) is 10.9. The second-order valence-corrected chi connectivity index (χ2v) is 4.73. The summed E-state index contributed by atoms with van der Waals surface area (Å²) in [5.74, 6) is -0.341. The molecule has 0 atom stereocenters. The molecule has 0 aliphatic carbocycles. The Hall–Kier alpha value is -2.49. The largest absolute Gasteiger partial charge is 0.507 e. The van der Waals surface area contributed by atoms with Gasteiger partial charge in [-0.15, -0.1) is 0 Å². The molecule has 0 aromatic heterocycles. The van der Waals surface area contributed by atoms with Crippen molar-refractivity contribution in [3.8, 4) is 16.9 Å². The first-order valence-corrected chi connectivity index (χ1v) is 6.36. The van der Waals surface area contributed by atoms with Crippen LogP contribution in [0.25, 0.3) is 21.9 Å². The molecule has 0 amide bonds. The topological polar surface area (TPSA) is 20.2 Å². The molecule has 106 valence electrons. The molecular weight excluding hydrogens is 277 g/mol. The molecule has 3 aromatic carbocycles. The number of aromatic hydroxyl groups is 1. The second kappa shape index (κ2) is 4.81. The van der Waals surface area contributed by atoms with Crippen molar-refractivity contribution in [1.82, 2.24) is 0 Å². The van der Waals surface area contributed by atoms with Gasteiger partial charge in [-0.05, 0) is 17.0 Å². The molecular formula is C17H11F3O. The van der Waals surface area contributed by atoms with Crippen LogP contribution in [0.15, 0.2) is 60.7 Å². The molecule has 1 nitrogen and oxygen atoms in total. The summed E-state index contributed by atoms with van der Waals surface area (Å²) in [7, 11) is 0. The highest BCUT2D eigenvalue weighted by Crippen LogP contribution is 2.45. The van der Waals surface area contributed by atoms with Crippen LogP contribution in [-0.4, -0.2) is 5.11 Å². The maximum absolute atomic E-state index is 13.3. The molecule has 0 aliphatic rings. The van der Waals surface area contributed by atoms with Crippen LogP contribution in [0, 0.1) is 0 Å². The predicted octanol–water partition coefficient (Wildman–Crippen LogP) is 5.23. The van der Waals surface area contributed by atoms with Gasteiger partial charge in [0.1, 0.15) is 5.75 Å². The lowest BCUT2D eigenvalue weighted by Crippen LogP contribution is -2.07. The van der Waals surface area contributed by atoms with E-state index in [1.54, 1.807) is 54.6 Å². The van der Waals surface area contributed by atoms with Crippen LogP contribution >= 0.6 is 0 Å². The summed E-state index contributed by atoms with van der Waals surface area (Å²) in [6.45, 7) is 0. The third kappa shape index (κ3) is 2.33. The second-order valence-electron chi connectivity index (χ2n) is 4.73. The van der Waals surface area contributed by atoms with Crippen molar-refractivity contribution >= 4 is 10.8 Å². The Morgan fingerprint density at radius 1 is 0.810 bits per heavy atom. The van der Waals surface area contributed by atoms with Gasteiger partial charge in [-0.2, -0.15) is 13.2 Å². The number of hydrogen-bond donors (Lipinski definition) is 1. The number of phenols is 1. The molecule has 0 saturated heterocycles. The van der Waals surface area contributed by atoms with E-state index in [1.807, 2.05) is 0 Å². The summed E-state index contributed by atoms with van der Waals surface area (Å²) in [5, 5.41) is 11.1. The Bertz CT molecular complexity index is 792. The Morgan fingerprint density at radius 2 is 1.43 bits per heavy atom. The van der Waals surface area contributed by atoms with Gasteiger partial charge in [0, 0.05) is 10.9 Å². The first-order valence-electron chi connectivity index (χ1n) is 6.36. The van der Waals surface area contributed by atoms with Gasteiger partial charge in [0.05, 0.1) is 5.56 Å². The quantitative estimate of drug-likeness (QED) is 0.650. The zero-order valence-corrected chi connectivity index (χ0v) is 10.9. The summed E-state index contributed by atoms with van der Waals surface area (Å²) in [4.78, 5) is 0. The molecule has 3 aromatic rings. The van der Waals surface area contributed by atoms with E-state index in [0.717, 1.165) is 6.07 Å². The first-order chi connectivity index (χ1) is 9.98. The number of rotatable bonds is 1. The van der Waals surface area contributed by atoms with Crippen LogP contribution < -0.4 is 0 Å². The van der Waals surface area contributed by atoms with E-state index in [0.29, 0.717) is 16.3 Å². The van der Waals surface area contributed by atoms with Gasteiger partial charge in [0.2, 0.25) is 0 Å². The lowest BCUT2D eigenvalue weighted by atomic mass is 9.94. The monoisotopic (exact) mass is 288 g/mol. The van der Waals surface area contributed by atoms with Crippen molar-refractivity contribution in [2.24, 2.45) is 0 Å². The Kier molecular flexibility index (Phi) is 3.09. The van der Waals surface area contributed by atoms with Crippen molar-refractivity contribution in [2.45, 2.75) is 6.18 Å². The average molecular weight is 288 g/mol. The molecule has 0 heterocycles. The minimum atomic E-state index is -4.54. The van der Waals surface area contributed by atoms with Gasteiger partial charge in [-0.25, -0.2) is 0 Å². The third-order valence-corrected chi connectivity index (χ3v) is 3.39. The van der Waals surface area contributed by atoms with Gasteiger partial charge in [-0.1, -0.05) is 54.6 Å². The fraction of sp³-hybridized carbons (Fsp3) is 0.0588. The van der Waals surface area contributed by atoms with Crippen molar-refractivity contribution in [3.05, 3.63) is 66.2 Å². The lowest BCUT2D eigenvalue weighted by molar-refractivity contribution is -0.137. The van der Waals surface area contributed by atoms with Crippen LogP contribution in [0.5, 0.6) is 5.75 Å². The van der Waals surface area contributed by atoms with Crippen LogP contribution in [-0.2, 0) is 6.18 Å². The van der Waals surface area contributed by atoms with Gasteiger partial charge in [-0.3, -0.25) is 0 Å². The van der Waals surface area contributed by atoms with Crippen LogP contribution in [0.4, 0.5) is 13.2 Å². The van der Waals surface area contributed by atoms with E-state index in [1.165, 1.54) is 0 Å². The number of hydrogen-bond acceptors (Lipinski definition) is 1. The Morgan fingerprint density at radius 3 is 2.10 bits per heavy atom. The van der Waals surface area contributed by atoms with E-state index < -0.39 is 11.7 Å². The molecule has 21 heavy (non-hydrogen) atoms. The number of phenolic OH excluding ortho intramolecular Hbond substituents is 1. The van der Waals surface area contributed by atoms with Crippen molar-refractivity contribution in [3.63, 3.8) is 0 Å². The summed E-state index contributed by atoms with van der Waals surface area (Å²) in [6, 6.07) is 15.7. The summed E-state index contributed by atoms with van der Waals surface area (Å²) >= 11 is 0. The molecule has 0 spiro atoms. The van der Waals surface area contributed by atoms with Crippen molar-refractivity contribution in [2.75, 3.05) is 0 Å². The predicted molar refractivity (Wildman–Crippen MR) is 76.1 cm³/mol. The number of fused-ring (bicyclic) bond motifs is 1. The minimum Gasteiger partial charge on any atom is -0.507 e. The molecule has 0 saturated carbocycles. The Balaban J connectivity index is 2.43. The maximum Gasteiger partial charge on any atom is 0.417 e. The smallest absolute Gasteiger partial charge is 0.417 e. The molecule has 0 unspecified atom stereocenters. The molecule has 4 heteroatoms. The number of alkyl halides is 3. The number of benzene rings is 3. The lowest BCUT2D eigenvalue weighted by Gasteiger charge is -2.16. The van der Waals surface area contributed by atoms with Gasteiger partial charge < -0.3 is 5.11 Å². The zero-order chi connectivity index (χ0) is 15.0. The number of halogens is 3. The SMILES string of the molecule is Oc1c(-c2ccccc2)c(C(F)(F)F)cc2ccccc12. The Labute approximate surface area is 119 Å². The van der Waals surface area contributed by atoms with E-state index in [-0.39, 0.29) is 11.3 Å². The summed E-state index contributed by atoms with van der Waals surface area (Å²) < 4.78 is 40.0. The molecule has 0 bridgehead atoms. The van der Waals surface area contributed by atoms with Crippen molar-refractivity contribution < 1.29 is 18.3 Å². The fourth-order valence-electron chi connectivity index (χ4n) is 2.45. The van der Waals surface area contributed by atoms with E-state index >= 15 is 0 Å². The molecule has 0 fully saturated rings. The van der Waals surface area contributed by atoms with Crippen molar-refractivity contribution in [1.29, 1.82) is 0 Å². The average Bonchev–Trinajstić information content (AvgIpc) is 2.47. The van der Waals surface area contributed by atoms with E-state index in [2.05, 4.69) is 0 Å². The summed E-state index contributed by atoms with van der Waals surface area (Å²) in [5.41, 5.74) is -0.667. The van der Waals surface area contributed by atoms with Gasteiger partial charge >= 0.3 is 6.18 Å². The normalized spacial score (nSPS) is 11.8. The third-order valence-electron chi connectivity index (χ3n) is 3.39. The maximum atomic E-state index is 13.3. The van der Waals surface area contributed by atoms with Crippen LogP contribution in [0.2, 0.25) is 0 Å². The molecule has 3 rings (SSSR count). The highest BCUT2D eigenvalue weighted by atomic mass is 19.4. The highest BCUT2D eigenvalue weighted by molar-refractivity contribution is 5.96. The molecule has 0 radical (unpaired) electrons. The van der Waals surface area contributed by atoms with E-state index in [9.17, 15) is 18.3 Å². The first kappa shape index (κ1) is 13.5. The fourth-order valence-corrected chi connectivity index (χ4v) is 2.45.